The molecule has 0 aliphatic heterocycles. The third kappa shape index (κ3) is 3.50. The molecule has 1 nitrogen and oxygen atoms in total. The predicted molar refractivity (Wildman–Crippen MR) is 72.7 cm³/mol. The molecule has 0 unspecified atom stereocenters. The van der Waals surface area contributed by atoms with Gasteiger partial charge in [0.15, 0.2) is 0 Å². The van der Waals surface area contributed by atoms with Gasteiger partial charge in [-0.25, -0.2) is 0 Å². The van der Waals surface area contributed by atoms with Crippen LogP contribution in [0.3, 0.4) is 0 Å². The summed E-state index contributed by atoms with van der Waals surface area (Å²) >= 11 is 7.59. The highest BCUT2D eigenvalue weighted by atomic mass is 35.5. The fourth-order valence-corrected chi connectivity index (χ4v) is 2.61. The molecule has 2 aromatic carbocycles. The lowest BCUT2D eigenvalue weighted by Crippen LogP contribution is -1.89. The van der Waals surface area contributed by atoms with Crippen molar-refractivity contribution in [3.8, 4) is 0 Å². The Balaban J connectivity index is 2.14. The van der Waals surface area contributed by atoms with Gasteiger partial charge in [0.25, 0.3) is 0 Å². The van der Waals surface area contributed by atoms with Crippen LogP contribution in [0.25, 0.3) is 0 Å². The molecule has 0 saturated heterocycles. The van der Waals surface area contributed by atoms with Crippen LogP contribution in [-0.4, -0.2) is 5.11 Å². The van der Waals surface area contributed by atoms with Crippen LogP contribution in [0.4, 0.5) is 0 Å². The van der Waals surface area contributed by atoms with E-state index in [1.165, 1.54) is 0 Å². The summed E-state index contributed by atoms with van der Waals surface area (Å²) in [5, 5.41) is 10.2. The number of halogens is 1. The zero-order valence-corrected chi connectivity index (χ0v) is 11.0. The van der Waals surface area contributed by atoms with Gasteiger partial charge < -0.3 is 5.11 Å². The molecule has 0 aliphatic rings. The Morgan fingerprint density at radius 2 is 1.76 bits per heavy atom. The van der Waals surface area contributed by atoms with Crippen LogP contribution in [0.15, 0.2) is 58.3 Å². The molecule has 0 fully saturated rings. The van der Waals surface area contributed by atoms with Gasteiger partial charge in [-0.2, -0.15) is 0 Å². The highest BCUT2D eigenvalue weighted by molar-refractivity contribution is 7.99. The van der Waals surface area contributed by atoms with Gasteiger partial charge in [0.2, 0.25) is 0 Å². The van der Waals surface area contributed by atoms with Crippen molar-refractivity contribution in [2.75, 3.05) is 0 Å². The molecule has 0 amide bonds. The number of rotatable bonds is 3. The van der Waals surface area contributed by atoms with Crippen LogP contribution in [0, 0.1) is 0 Å². The summed E-state index contributed by atoms with van der Waals surface area (Å²) in [6, 6.07) is 15.7. The Kier molecular flexibility index (Phi) is 4.11. The number of benzene rings is 2. The Bertz CT molecular complexity index is 494. The minimum Gasteiger partial charge on any atom is -0.389 e. The second-order valence-corrected chi connectivity index (χ2v) is 5.39. The maximum Gasteiger partial charge on any atom is 0.0761 e. The Labute approximate surface area is 110 Å². The molecule has 0 aromatic heterocycles. The molecular formula is C14H13ClOS. The molecule has 0 heterocycles. The first-order chi connectivity index (χ1) is 8.15. The summed E-state index contributed by atoms with van der Waals surface area (Å²) in [6.45, 7) is 1.76. The number of aliphatic hydroxyl groups is 1. The van der Waals surface area contributed by atoms with E-state index in [9.17, 15) is 5.11 Å². The third-order valence-corrected chi connectivity index (χ3v) is 3.63. The van der Waals surface area contributed by atoms with Gasteiger partial charge in [-0.3, -0.25) is 0 Å². The molecule has 17 heavy (non-hydrogen) atoms. The van der Waals surface area contributed by atoms with Crippen LogP contribution in [0.1, 0.15) is 18.6 Å². The van der Waals surface area contributed by atoms with Gasteiger partial charge in [0.05, 0.1) is 6.10 Å². The monoisotopic (exact) mass is 264 g/mol. The van der Waals surface area contributed by atoms with E-state index in [4.69, 9.17) is 11.6 Å². The van der Waals surface area contributed by atoms with Crippen LogP contribution in [0.2, 0.25) is 5.02 Å². The predicted octanol–water partition coefficient (Wildman–Crippen LogP) is 4.54. The van der Waals surface area contributed by atoms with E-state index < -0.39 is 6.10 Å². The van der Waals surface area contributed by atoms with E-state index in [0.717, 1.165) is 20.4 Å². The van der Waals surface area contributed by atoms with Gasteiger partial charge >= 0.3 is 0 Å². The number of hydrogen-bond acceptors (Lipinski definition) is 2. The van der Waals surface area contributed by atoms with E-state index >= 15 is 0 Å². The SMILES string of the molecule is C[C@H](O)c1ccc(Sc2cccc(Cl)c2)cc1. The second kappa shape index (κ2) is 5.58. The summed E-state index contributed by atoms with van der Waals surface area (Å²) in [5.74, 6) is 0. The zero-order chi connectivity index (χ0) is 12.3. The quantitative estimate of drug-likeness (QED) is 0.878. The molecule has 88 valence electrons. The standard InChI is InChI=1S/C14H13ClOS/c1-10(16)11-5-7-13(8-6-11)17-14-4-2-3-12(15)9-14/h2-10,16H,1H3/t10-/m0/s1. The lowest BCUT2D eigenvalue weighted by atomic mass is 10.1. The lowest BCUT2D eigenvalue weighted by Gasteiger charge is -2.06. The topological polar surface area (TPSA) is 20.2 Å². The second-order valence-electron chi connectivity index (χ2n) is 3.80. The average Bonchev–Trinajstić information content (AvgIpc) is 2.29. The van der Waals surface area contributed by atoms with Gasteiger partial charge in [-0.05, 0) is 42.8 Å². The van der Waals surface area contributed by atoms with Crippen molar-refractivity contribution in [1.82, 2.24) is 0 Å². The minimum absolute atomic E-state index is 0.416. The molecule has 0 aliphatic carbocycles. The van der Waals surface area contributed by atoms with Crippen molar-refractivity contribution in [1.29, 1.82) is 0 Å². The molecule has 1 atom stereocenters. The zero-order valence-electron chi connectivity index (χ0n) is 9.43. The smallest absolute Gasteiger partial charge is 0.0761 e. The van der Waals surface area contributed by atoms with Crippen molar-refractivity contribution in [2.24, 2.45) is 0 Å². The average molecular weight is 265 g/mol. The van der Waals surface area contributed by atoms with E-state index in [2.05, 4.69) is 0 Å². The van der Waals surface area contributed by atoms with E-state index in [-0.39, 0.29) is 0 Å². The molecule has 2 rings (SSSR count). The first kappa shape index (κ1) is 12.5. The maximum atomic E-state index is 9.42. The molecular weight excluding hydrogens is 252 g/mol. The summed E-state index contributed by atoms with van der Waals surface area (Å²) in [7, 11) is 0. The van der Waals surface area contributed by atoms with Gasteiger partial charge in [-0.1, -0.05) is 41.6 Å². The van der Waals surface area contributed by atoms with Gasteiger partial charge in [0.1, 0.15) is 0 Å². The van der Waals surface area contributed by atoms with Crippen LogP contribution < -0.4 is 0 Å². The van der Waals surface area contributed by atoms with Crippen molar-refractivity contribution < 1.29 is 5.11 Å². The molecule has 0 bridgehead atoms. The maximum absolute atomic E-state index is 9.42. The molecule has 0 spiro atoms. The molecule has 1 N–H and O–H groups in total. The molecule has 3 heteroatoms. The van der Waals surface area contributed by atoms with Crippen LogP contribution in [-0.2, 0) is 0 Å². The van der Waals surface area contributed by atoms with Crippen molar-refractivity contribution in [3.63, 3.8) is 0 Å². The van der Waals surface area contributed by atoms with Crippen molar-refractivity contribution in [3.05, 3.63) is 59.1 Å². The highest BCUT2D eigenvalue weighted by Gasteiger charge is 2.02. The summed E-state index contributed by atoms with van der Waals surface area (Å²) in [6.07, 6.45) is -0.416. The largest absolute Gasteiger partial charge is 0.389 e. The fraction of sp³-hybridized carbons (Fsp3) is 0.143. The first-order valence-electron chi connectivity index (χ1n) is 5.36. The normalized spacial score (nSPS) is 12.4. The molecule has 0 radical (unpaired) electrons. The van der Waals surface area contributed by atoms with Crippen molar-refractivity contribution in [2.45, 2.75) is 22.8 Å². The Hall–Kier alpha value is -0.960. The Morgan fingerprint density at radius 3 is 2.35 bits per heavy atom. The summed E-state index contributed by atoms with van der Waals surface area (Å²) in [4.78, 5) is 2.25. The summed E-state index contributed by atoms with van der Waals surface area (Å²) < 4.78 is 0. The minimum atomic E-state index is -0.416. The first-order valence-corrected chi connectivity index (χ1v) is 6.56. The highest BCUT2D eigenvalue weighted by Crippen LogP contribution is 2.30. The number of hydrogen-bond donors (Lipinski definition) is 1. The third-order valence-electron chi connectivity index (χ3n) is 2.39. The number of aliphatic hydroxyl groups excluding tert-OH is 1. The summed E-state index contributed by atoms with van der Waals surface area (Å²) in [5.41, 5.74) is 0.931. The van der Waals surface area contributed by atoms with E-state index in [1.54, 1.807) is 18.7 Å². The fourth-order valence-electron chi connectivity index (χ4n) is 1.48. The lowest BCUT2D eigenvalue weighted by molar-refractivity contribution is 0.199. The van der Waals surface area contributed by atoms with Gasteiger partial charge in [0, 0.05) is 14.8 Å². The molecule has 2 aromatic rings. The van der Waals surface area contributed by atoms with Crippen LogP contribution >= 0.6 is 23.4 Å². The van der Waals surface area contributed by atoms with E-state index in [0.29, 0.717) is 0 Å². The van der Waals surface area contributed by atoms with Crippen molar-refractivity contribution >= 4 is 23.4 Å². The van der Waals surface area contributed by atoms with E-state index in [1.807, 2.05) is 48.5 Å². The Morgan fingerprint density at radius 1 is 1.06 bits per heavy atom. The van der Waals surface area contributed by atoms with Crippen LogP contribution in [0.5, 0.6) is 0 Å². The van der Waals surface area contributed by atoms with Gasteiger partial charge in [-0.15, -0.1) is 0 Å². The molecule has 0 saturated carbocycles.